The molecule has 19 heavy (non-hydrogen) atoms. The lowest BCUT2D eigenvalue weighted by atomic mass is 10.1. The van der Waals surface area contributed by atoms with Gasteiger partial charge in [-0.3, -0.25) is 4.98 Å². The number of hydrogen-bond acceptors (Lipinski definition) is 3. The van der Waals surface area contributed by atoms with E-state index in [-0.39, 0.29) is 4.75 Å². The number of rotatable bonds is 2. The fourth-order valence-electron chi connectivity index (χ4n) is 1.71. The average Bonchev–Trinajstić information content (AvgIpc) is 2.36. The zero-order valence-electron chi connectivity index (χ0n) is 11.7. The first kappa shape index (κ1) is 14.0. The van der Waals surface area contributed by atoms with Crippen LogP contribution in [0.5, 0.6) is 0 Å². The third-order valence-corrected chi connectivity index (χ3v) is 4.25. The number of benzene rings is 1. The normalized spacial score (nSPS) is 14.7. The van der Waals surface area contributed by atoms with Crippen LogP contribution in [0, 0.1) is 0 Å². The van der Waals surface area contributed by atoms with Gasteiger partial charge in [0, 0.05) is 11.6 Å². The van der Waals surface area contributed by atoms with Gasteiger partial charge in [0.2, 0.25) is 0 Å². The van der Waals surface area contributed by atoms with Gasteiger partial charge in [-0.1, -0.05) is 28.7 Å². The van der Waals surface area contributed by atoms with Crippen molar-refractivity contribution >= 4 is 27.8 Å². The molecule has 0 N–H and O–H groups in total. The van der Waals surface area contributed by atoms with E-state index in [1.807, 2.05) is 58.0 Å². The molecule has 0 aliphatic heterocycles. The number of fused-ring (bicyclic) bond motifs is 1. The second-order valence-electron chi connectivity index (χ2n) is 5.42. The van der Waals surface area contributed by atoms with Crippen LogP contribution in [0.4, 0.5) is 0 Å². The molecule has 0 aliphatic carbocycles. The summed E-state index contributed by atoms with van der Waals surface area (Å²) in [6.45, 7) is 7.60. The van der Waals surface area contributed by atoms with Gasteiger partial charge in [-0.15, -0.1) is 0 Å². The zero-order valence-corrected chi connectivity index (χ0v) is 12.5. The molecule has 4 heteroatoms. The Morgan fingerprint density at radius 2 is 1.89 bits per heavy atom. The van der Waals surface area contributed by atoms with E-state index in [9.17, 15) is 4.55 Å². The minimum atomic E-state index is -1.26. The molecule has 2 aromatic rings. The SMILES string of the molecule is CC(=N[S+]([O-])C(C)(C)C)c1nccc2ccccc12. The van der Waals surface area contributed by atoms with Crippen molar-refractivity contribution in [3.05, 3.63) is 42.2 Å². The Balaban J connectivity index is 2.47. The van der Waals surface area contributed by atoms with E-state index in [4.69, 9.17) is 0 Å². The van der Waals surface area contributed by atoms with Gasteiger partial charge in [-0.25, -0.2) is 0 Å². The van der Waals surface area contributed by atoms with E-state index in [2.05, 4.69) is 9.38 Å². The summed E-state index contributed by atoms with van der Waals surface area (Å²) in [4.78, 5) is 4.38. The summed E-state index contributed by atoms with van der Waals surface area (Å²) in [6.07, 6.45) is 1.76. The lowest BCUT2D eigenvalue weighted by Crippen LogP contribution is -2.26. The number of hydrogen-bond donors (Lipinski definition) is 0. The lowest BCUT2D eigenvalue weighted by Gasteiger charge is -2.18. The van der Waals surface area contributed by atoms with E-state index in [0.29, 0.717) is 5.71 Å². The molecular formula is C15H18N2OS. The minimum absolute atomic E-state index is 0.355. The van der Waals surface area contributed by atoms with Crippen molar-refractivity contribution in [2.24, 2.45) is 4.40 Å². The highest BCUT2D eigenvalue weighted by Crippen LogP contribution is 2.21. The van der Waals surface area contributed by atoms with Crippen LogP contribution in [0.1, 0.15) is 33.4 Å². The van der Waals surface area contributed by atoms with Gasteiger partial charge in [0.1, 0.15) is 21.8 Å². The van der Waals surface area contributed by atoms with Crippen molar-refractivity contribution in [3.63, 3.8) is 0 Å². The van der Waals surface area contributed by atoms with Gasteiger partial charge < -0.3 is 4.55 Å². The molecule has 0 radical (unpaired) electrons. The van der Waals surface area contributed by atoms with Crippen LogP contribution in [0.2, 0.25) is 0 Å². The molecule has 1 atom stereocenters. The smallest absolute Gasteiger partial charge is 0.144 e. The number of aromatic nitrogens is 1. The Morgan fingerprint density at radius 3 is 2.58 bits per heavy atom. The molecule has 0 fully saturated rings. The predicted octanol–water partition coefficient (Wildman–Crippen LogP) is 3.51. The van der Waals surface area contributed by atoms with Crippen molar-refractivity contribution < 1.29 is 4.55 Å². The molecule has 100 valence electrons. The van der Waals surface area contributed by atoms with Crippen molar-refractivity contribution in [1.29, 1.82) is 0 Å². The van der Waals surface area contributed by atoms with Gasteiger partial charge in [0.25, 0.3) is 0 Å². The van der Waals surface area contributed by atoms with Gasteiger partial charge in [0.15, 0.2) is 0 Å². The molecule has 1 aromatic heterocycles. The van der Waals surface area contributed by atoms with Crippen molar-refractivity contribution in [2.75, 3.05) is 0 Å². The summed E-state index contributed by atoms with van der Waals surface area (Å²) in [5.41, 5.74) is 1.51. The Bertz CT molecular complexity index is 612. The summed E-state index contributed by atoms with van der Waals surface area (Å²) >= 11 is -1.26. The quantitative estimate of drug-likeness (QED) is 0.621. The zero-order chi connectivity index (χ0) is 14.0. The van der Waals surface area contributed by atoms with E-state index in [1.165, 1.54) is 0 Å². The second kappa shape index (κ2) is 5.31. The number of pyridine rings is 1. The maximum Gasteiger partial charge on any atom is 0.144 e. The highest BCUT2D eigenvalue weighted by molar-refractivity contribution is 7.91. The minimum Gasteiger partial charge on any atom is -0.591 e. The highest BCUT2D eigenvalue weighted by Gasteiger charge is 2.27. The van der Waals surface area contributed by atoms with Crippen molar-refractivity contribution in [1.82, 2.24) is 4.98 Å². The predicted molar refractivity (Wildman–Crippen MR) is 81.8 cm³/mol. The molecule has 0 amide bonds. The van der Waals surface area contributed by atoms with Crippen LogP contribution < -0.4 is 0 Å². The fraction of sp³-hybridized carbons (Fsp3) is 0.333. The van der Waals surface area contributed by atoms with Gasteiger partial charge in [-0.2, -0.15) is 0 Å². The molecule has 2 rings (SSSR count). The van der Waals surface area contributed by atoms with Crippen LogP contribution in [0.3, 0.4) is 0 Å². The van der Waals surface area contributed by atoms with Crippen LogP contribution >= 0.6 is 0 Å². The molecule has 0 aliphatic rings. The first-order chi connectivity index (χ1) is 8.89. The highest BCUT2D eigenvalue weighted by atomic mass is 32.2. The summed E-state index contributed by atoms with van der Waals surface area (Å²) in [7, 11) is 0. The van der Waals surface area contributed by atoms with Crippen LogP contribution in [0.25, 0.3) is 10.8 Å². The summed E-state index contributed by atoms with van der Waals surface area (Å²) in [5, 5.41) is 2.15. The second-order valence-corrected chi connectivity index (χ2v) is 7.32. The monoisotopic (exact) mass is 274 g/mol. The molecule has 1 unspecified atom stereocenters. The largest absolute Gasteiger partial charge is 0.591 e. The molecule has 1 heterocycles. The topological polar surface area (TPSA) is 48.3 Å². The molecule has 1 aromatic carbocycles. The average molecular weight is 274 g/mol. The van der Waals surface area contributed by atoms with E-state index >= 15 is 0 Å². The first-order valence-corrected chi connectivity index (χ1v) is 7.31. The lowest BCUT2D eigenvalue weighted by molar-refractivity contribution is 0.561. The van der Waals surface area contributed by atoms with Gasteiger partial charge in [0.05, 0.1) is 5.69 Å². The van der Waals surface area contributed by atoms with Crippen molar-refractivity contribution in [3.8, 4) is 0 Å². The third-order valence-electron chi connectivity index (χ3n) is 2.76. The number of nitrogens with zero attached hydrogens (tertiary/aromatic N) is 2. The van der Waals surface area contributed by atoms with Crippen LogP contribution in [-0.4, -0.2) is 20.0 Å². The molecular weight excluding hydrogens is 256 g/mol. The molecule has 0 saturated heterocycles. The van der Waals surface area contributed by atoms with E-state index in [1.54, 1.807) is 6.20 Å². The summed E-state index contributed by atoms with van der Waals surface area (Å²) < 4.78 is 16.0. The standard InChI is InChI=1S/C15H18N2OS/c1-11(17-19(18)15(2,3)4)14-13-8-6-5-7-12(13)9-10-16-14/h5-10H,1-4H3. The Hall–Kier alpha value is -1.39. The molecule has 0 spiro atoms. The van der Waals surface area contributed by atoms with Crippen molar-refractivity contribution in [2.45, 2.75) is 32.4 Å². The molecule has 0 bridgehead atoms. The van der Waals surface area contributed by atoms with Gasteiger partial charge in [-0.05, 0) is 39.1 Å². The van der Waals surface area contributed by atoms with E-state index in [0.717, 1.165) is 16.5 Å². The fourth-order valence-corrected chi connectivity index (χ4v) is 2.32. The molecule has 3 nitrogen and oxygen atoms in total. The van der Waals surface area contributed by atoms with Gasteiger partial charge >= 0.3 is 0 Å². The van der Waals surface area contributed by atoms with Crippen LogP contribution in [0.15, 0.2) is 40.9 Å². The Morgan fingerprint density at radius 1 is 1.21 bits per heavy atom. The third kappa shape index (κ3) is 3.14. The molecule has 0 saturated carbocycles. The van der Waals surface area contributed by atoms with E-state index < -0.39 is 11.4 Å². The summed E-state index contributed by atoms with van der Waals surface area (Å²) in [6, 6.07) is 9.98. The maximum atomic E-state index is 12.1. The summed E-state index contributed by atoms with van der Waals surface area (Å²) in [5.74, 6) is 0. The Labute approximate surface area is 117 Å². The van der Waals surface area contributed by atoms with Crippen LogP contribution in [-0.2, 0) is 11.4 Å². The first-order valence-electron chi connectivity index (χ1n) is 6.21. The Kier molecular flexibility index (Phi) is 3.92. The maximum absolute atomic E-state index is 12.1.